The molecule has 1 saturated carbocycles. The Morgan fingerprint density at radius 3 is 1.82 bits per heavy atom. The van der Waals surface area contributed by atoms with Crippen LogP contribution in [-0.4, -0.2) is 24.0 Å². The molecule has 0 radical (unpaired) electrons. The third-order valence-electron chi connectivity index (χ3n) is 4.70. The first kappa shape index (κ1) is 15.0. The van der Waals surface area contributed by atoms with Crippen LogP contribution in [0.15, 0.2) is 0 Å². The van der Waals surface area contributed by atoms with Crippen molar-refractivity contribution in [2.45, 2.75) is 78.7 Å². The van der Waals surface area contributed by atoms with E-state index in [9.17, 15) is 0 Å². The van der Waals surface area contributed by atoms with Gasteiger partial charge in [0.15, 0.2) is 0 Å². The topological polar surface area (TPSA) is 3.24 Å². The average Bonchev–Trinajstić information content (AvgIpc) is 3.01. The average molecular weight is 239 g/mol. The molecule has 0 bridgehead atoms. The maximum Gasteiger partial charge on any atom is 0.00643 e. The molecule has 1 unspecified atom stereocenters. The summed E-state index contributed by atoms with van der Waals surface area (Å²) >= 11 is 0. The lowest BCUT2D eigenvalue weighted by Crippen LogP contribution is -2.29. The van der Waals surface area contributed by atoms with Crippen LogP contribution in [0.5, 0.6) is 0 Å². The third-order valence-corrected chi connectivity index (χ3v) is 4.70. The number of nitrogens with zero attached hydrogens (tertiary/aromatic N) is 1. The van der Waals surface area contributed by atoms with Crippen molar-refractivity contribution in [2.75, 3.05) is 13.1 Å². The fourth-order valence-electron chi connectivity index (χ4n) is 3.06. The van der Waals surface area contributed by atoms with Gasteiger partial charge in [0.2, 0.25) is 0 Å². The summed E-state index contributed by atoms with van der Waals surface area (Å²) < 4.78 is 0. The zero-order valence-corrected chi connectivity index (χ0v) is 12.5. The molecule has 1 saturated heterocycles. The van der Waals surface area contributed by atoms with Crippen LogP contribution in [0.25, 0.3) is 0 Å². The first-order valence-electron chi connectivity index (χ1n) is 7.89. The van der Waals surface area contributed by atoms with Gasteiger partial charge in [-0.3, -0.25) is 0 Å². The van der Waals surface area contributed by atoms with Gasteiger partial charge in [0.1, 0.15) is 0 Å². The molecule has 1 aliphatic heterocycles. The molecule has 0 spiro atoms. The Kier molecular flexibility index (Phi) is 7.18. The van der Waals surface area contributed by atoms with Gasteiger partial charge in [0.25, 0.3) is 0 Å². The molecule has 2 aliphatic rings. The molecule has 1 aliphatic carbocycles. The van der Waals surface area contributed by atoms with E-state index in [1.807, 2.05) is 0 Å². The van der Waals surface area contributed by atoms with E-state index < -0.39 is 0 Å². The van der Waals surface area contributed by atoms with Crippen LogP contribution in [0.2, 0.25) is 0 Å². The SMILES string of the molecule is CC(C)C1CCCC1.CCC(C)N1CCCC1. The predicted molar refractivity (Wildman–Crippen MR) is 77.4 cm³/mol. The molecule has 2 rings (SSSR count). The number of likely N-dealkylation sites (tertiary alicyclic amines) is 1. The fraction of sp³-hybridized carbons (Fsp3) is 1.00. The van der Waals surface area contributed by atoms with E-state index >= 15 is 0 Å². The molecule has 102 valence electrons. The molecular weight excluding hydrogens is 206 g/mol. The highest BCUT2D eigenvalue weighted by Crippen LogP contribution is 2.30. The van der Waals surface area contributed by atoms with Crippen molar-refractivity contribution in [3.63, 3.8) is 0 Å². The summed E-state index contributed by atoms with van der Waals surface area (Å²) in [6.45, 7) is 12.0. The maximum absolute atomic E-state index is 2.58. The van der Waals surface area contributed by atoms with Crippen molar-refractivity contribution in [1.29, 1.82) is 0 Å². The highest BCUT2D eigenvalue weighted by molar-refractivity contribution is 4.71. The summed E-state index contributed by atoms with van der Waals surface area (Å²) in [5, 5.41) is 0. The number of rotatable bonds is 3. The van der Waals surface area contributed by atoms with Crippen molar-refractivity contribution < 1.29 is 0 Å². The summed E-state index contributed by atoms with van der Waals surface area (Å²) in [6, 6.07) is 0.826. The summed E-state index contributed by atoms with van der Waals surface area (Å²) in [5.74, 6) is 2.01. The highest BCUT2D eigenvalue weighted by atomic mass is 15.2. The quantitative estimate of drug-likeness (QED) is 0.689. The predicted octanol–water partition coefficient (Wildman–Crippen LogP) is 4.71. The van der Waals surface area contributed by atoms with Gasteiger partial charge in [-0.2, -0.15) is 0 Å². The molecule has 0 aromatic carbocycles. The lowest BCUT2D eigenvalue weighted by Gasteiger charge is -2.21. The lowest BCUT2D eigenvalue weighted by molar-refractivity contribution is 0.253. The Morgan fingerprint density at radius 1 is 0.941 bits per heavy atom. The second-order valence-corrected chi connectivity index (χ2v) is 6.29. The Hall–Kier alpha value is -0.0400. The van der Waals surface area contributed by atoms with E-state index in [1.165, 1.54) is 58.0 Å². The van der Waals surface area contributed by atoms with Crippen LogP contribution in [0, 0.1) is 11.8 Å². The van der Waals surface area contributed by atoms with Crippen LogP contribution in [0.3, 0.4) is 0 Å². The van der Waals surface area contributed by atoms with Crippen molar-refractivity contribution in [2.24, 2.45) is 11.8 Å². The van der Waals surface area contributed by atoms with E-state index in [2.05, 4.69) is 32.6 Å². The molecule has 2 fully saturated rings. The zero-order valence-electron chi connectivity index (χ0n) is 12.5. The van der Waals surface area contributed by atoms with Gasteiger partial charge in [-0.25, -0.2) is 0 Å². The first-order chi connectivity index (χ1) is 8.15. The van der Waals surface area contributed by atoms with Crippen LogP contribution >= 0.6 is 0 Å². The molecule has 17 heavy (non-hydrogen) atoms. The Bertz CT molecular complexity index is 176. The molecule has 1 heterocycles. The minimum absolute atomic E-state index is 0.826. The van der Waals surface area contributed by atoms with Gasteiger partial charge in [-0.05, 0) is 51.1 Å². The number of hydrogen-bond donors (Lipinski definition) is 0. The van der Waals surface area contributed by atoms with Gasteiger partial charge in [-0.1, -0.05) is 46.5 Å². The monoisotopic (exact) mass is 239 g/mol. The highest BCUT2D eigenvalue weighted by Gasteiger charge is 2.17. The molecule has 0 aromatic heterocycles. The molecule has 1 nitrogen and oxygen atoms in total. The zero-order chi connectivity index (χ0) is 12.7. The molecule has 0 aromatic rings. The van der Waals surface area contributed by atoms with E-state index in [0.29, 0.717) is 0 Å². The van der Waals surface area contributed by atoms with Gasteiger partial charge in [0.05, 0.1) is 0 Å². The smallest absolute Gasteiger partial charge is 0.00643 e. The summed E-state index contributed by atoms with van der Waals surface area (Å²) in [7, 11) is 0. The van der Waals surface area contributed by atoms with E-state index in [4.69, 9.17) is 0 Å². The molecular formula is C16H33N. The van der Waals surface area contributed by atoms with Gasteiger partial charge in [0, 0.05) is 6.04 Å². The summed E-state index contributed by atoms with van der Waals surface area (Å²) in [4.78, 5) is 2.58. The normalized spacial score (nSPS) is 23.8. The number of hydrogen-bond acceptors (Lipinski definition) is 1. The largest absolute Gasteiger partial charge is 0.301 e. The standard InChI is InChI=1S/C8H17N.C8H16/c1-3-8(2)9-6-4-5-7-9;1-7(2)8-5-3-4-6-8/h8H,3-7H2,1-2H3;7-8H,3-6H2,1-2H3. The summed E-state index contributed by atoms with van der Waals surface area (Å²) in [6.07, 6.45) is 10.1. The molecule has 0 N–H and O–H groups in total. The van der Waals surface area contributed by atoms with Crippen molar-refractivity contribution in [3.05, 3.63) is 0 Å². The van der Waals surface area contributed by atoms with Crippen LogP contribution in [0.4, 0.5) is 0 Å². The Morgan fingerprint density at radius 2 is 1.47 bits per heavy atom. The molecule has 1 atom stereocenters. The minimum atomic E-state index is 0.826. The molecule has 0 amide bonds. The van der Waals surface area contributed by atoms with Crippen molar-refractivity contribution >= 4 is 0 Å². The minimum Gasteiger partial charge on any atom is -0.301 e. The van der Waals surface area contributed by atoms with Crippen molar-refractivity contribution in [3.8, 4) is 0 Å². The van der Waals surface area contributed by atoms with Gasteiger partial charge < -0.3 is 4.90 Å². The summed E-state index contributed by atoms with van der Waals surface area (Å²) in [5.41, 5.74) is 0. The van der Waals surface area contributed by atoms with Crippen LogP contribution < -0.4 is 0 Å². The van der Waals surface area contributed by atoms with Crippen LogP contribution in [-0.2, 0) is 0 Å². The molecule has 1 heteroatoms. The van der Waals surface area contributed by atoms with Gasteiger partial charge >= 0.3 is 0 Å². The fourth-order valence-corrected chi connectivity index (χ4v) is 3.06. The van der Waals surface area contributed by atoms with E-state index in [-0.39, 0.29) is 0 Å². The maximum atomic E-state index is 2.58. The third kappa shape index (κ3) is 5.42. The van der Waals surface area contributed by atoms with E-state index in [1.54, 1.807) is 0 Å². The first-order valence-corrected chi connectivity index (χ1v) is 7.89. The Labute approximate surface area is 109 Å². The van der Waals surface area contributed by atoms with Crippen molar-refractivity contribution in [1.82, 2.24) is 4.90 Å². The van der Waals surface area contributed by atoms with Gasteiger partial charge in [-0.15, -0.1) is 0 Å². The van der Waals surface area contributed by atoms with Crippen LogP contribution in [0.1, 0.15) is 72.6 Å². The van der Waals surface area contributed by atoms with E-state index in [0.717, 1.165) is 17.9 Å². The second-order valence-electron chi connectivity index (χ2n) is 6.29. The lowest BCUT2D eigenvalue weighted by atomic mass is 9.95. The Balaban J connectivity index is 0.000000171. The second kappa shape index (κ2) is 8.13.